The Hall–Kier alpha value is -0.790. The number of rotatable bonds is 13. The van der Waals surface area contributed by atoms with Gasteiger partial charge in [0.05, 0.1) is 13.5 Å². The van der Waals surface area contributed by atoms with E-state index in [9.17, 15) is 4.79 Å². The van der Waals surface area contributed by atoms with Gasteiger partial charge in [-0.05, 0) is 37.5 Å². The Morgan fingerprint density at radius 3 is 1.96 bits per heavy atom. The molecule has 0 rings (SSSR count). The Morgan fingerprint density at radius 2 is 1.43 bits per heavy atom. The molecule has 136 valence electrons. The summed E-state index contributed by atoms with van der Waals surface area (Å²) in [6, 6.07) is 0. The van der Waals surface area contributed by atoms with Crippen LogP contribution >= 0.6 is 0 Å². The molecule has 2 unspecified atom stereocenters. The van der Waals surface area contributed by atoms with Crippen molar-refractivity contribution in [2.45, 2.75) is 92.4 Å². The van der Waals surface area contributed by atoms with E-state index in [1.807, 2.05) is 6.92 Å². The van der Waals surface area contributed by atoms with Gasteiger partial charge in [0, 0.05) is 0 Å². The van der Waals surface area contributed by atoms with E-state index in [1.54, 1.807) is 0 Å². The summed E-state index contributed by atoms with van der Waals surface area (Å²) in [5.41, 5.74) is 1.13. The quantitative estimate of drug-likeness (QED) is 0.284. The number of hydrogen-bond donors (Lipinski definition) is 0. The summed E-state index contributed by atoms with van der Waals surface area (Å²) in [5, 5.41) is 0. The van der Waals surface area contributed by atoms with E-state index in [1.165, 1.54) is 52.1 Å². The average molecular weight is 325 g/mol. The highest BCUT2D eigenvalue weighted by atomic mass is 16.5. The summed E-state index contributed by atoms with van der Waals surface area (Å²) in [7, 11) is 1.45. The second-order valence-corrected chi connectivity index (χ2v) is 7.85. The maximum absolute atomic E-state index is 11.2. The van der Waals surface area contributed by atoms with Gasteiger partial charge >= 0.3 is 5.97 Å². The zero-order chi connectivity index (χ0) is 17.7. The topological polar surface area (TPSA) is 26.3 Å². The third-order valence-corrected chi connectivity index (χ3v) is 4.68. The SMILES string of the molecule is COC(=O)CC(C)=CCCC(C)CCCC(C)CCCC(C)C. The molecular formula is C21H40O2. The lowest BCUT2D eigenvalue weighted by Crippen LogP contribution is -2.01. The van der Waals surface area contributed by atoms with Gasteiger partial charge in [0.1, 0.15) is 0 Å². The zero-order valence-electron chi connectivity index (χ0n) is 16.5. The Kier molecular flexibility index (Phi) is 13.2. The number of carbonyl (C=O) groups excluding carboxylic acids is 1. The lowest BCUT2D eigenvalue weighted by atomic mass is 9.92. The Balaban J connectivity index is 3.68. The van der Waals surface area contributed by atoms with Gasteiger partial charge in [-0.25, -0.2) is 0 Å². The molecule has 2 heteroatoms. The van der Waals surface area contributed by atoms with Crippen molar-refractivity contribution in [3.8, 4) is 0 Å². The van der Waals surface area contributed by atoms with Crippen molar-refractivity contribution in [1.82, 2.24) is 0 Å². The lowest BCUT2D eigenvalue weighted by molar-refractivity contribution is -0.139. The minimum atomic E-state index is -0.141. The molecule has 0 aliphatic rings. The number of carbonyl (C=O) groups is 1. The van der Waals surface area contributed by atoms with Crippen LogP contribution in [-0.2, 0) is 9.53 Å². The molecule has 0 aliphatic heterocycles. The van der Waals surface area contributed by atoms with Crippen molar-refractivity contribution in [1.29, 1.82) is 0 Å². The summed E-state index contributed by atoms with van der Waals surface area (Å²) in [6.45, 7) is 11.4. The van der Waals surface area contributed by atoms with Crippen molar-refractivity contribution in [2.75, 3.05) is 7.11 Å². The van der Waals surface area contributed by atoms with Crippen LogP contribution in [0.1, 0.15) is 92.4 Å². The second kappa shape index (κ2) is 13.6. The van der Waals surface area contributed by atoms with Gasteiger partial charge in [0.25, 0.3) is 0 Å². The van der Waals surface area contributed by atoms with E-state index in [2.05, 4.69) is 38.5 Å². The predicted molar refractivity (Wildman–Crippen MR) is 100 cm³/mol. The van der Waals surface area contributed by atoms with Gasteiger partial charge in [-0.1, -0.05) is 77.9 Å². The molecule has 0 amide bonds. The smallest absolute Gasteiger partial charge is 0.309 e. The lowest BCUT2D eigenvalue weighted by Gasteiger charge is -2.14. The van der Waals surface area contributed by atoms with Crippen LogP contribution in [0, 0.1) is 17.8 Å². The van der Waals surface area contributed by atoms with E-state index in [0.717, 1.165) is 29.7 Å². The summed E-state index contributed by atoms with van der Waals surface area (Å²) >= 11 is 0. The van der Waals surface area contributed by atoms with Crippen LogP contribution in [0.4, 0.5) is 0 Å². The highest BCUT2D eigenvalue weighted by molar-refractivity contribution is 5.71. The van der Waals surface area contributed by atoms with Crippen LogP contribution < -0.4 is 0 Å². The molecule has 0 radical (unpaired) electrons. The van der Waals surface area contributed by atoms with Crippen molar-refractivity contribution in [2.24, 2.45) is 17.8 Å². The molecule has 0 aromatic carbocycles. The van der Waals surface area contributed by atoms with Gasteiger partial charge in [-0.2, -0.15) is 0 Å². The number of hydrogen-bond acceptors (Lipinski definition) is 2. The molecule has 0 bridgehead atoms. The van der Waals surface area contributed by atoms with Crippen molar-refractivity contribution in [3.05, 3.63) is 11.6 Å². The minimum Gasteiger partial charge on any atom is -0.469 e. The molecule has 0 heterocycles. The number of esters is 1. The summed E-state index contributed by atoms with van der Waals surface area (Å²) in [6.07, 6.45) is 13.1. The Bertz CT molecular complexity index is 331. The first kappa shape index (κ1) is 22.2. The highest BCUT2D eigenvalue weighted by Crippen LogP contribution is 2.21. The maximum atomic E-state index is 11.2. The zero-order valence-corrected chi connectivity index (χ0v) is 16.5. The van der Waals surface area contributed by atoms with Crippen LogP contribution in [0.2, 0.25) is 0 Å². The van der Waals surface area contributed by atoms with E-state index in [0.29, 0.717) is 6.42 Å². The standard InChI is InChI=1S/C21H40O2/c1-17(2)10-7-11-18(3)12-8-13-19(4)14-9-15-20(5)16-21(22)23-6/h15,17-19H,7-14,16H2,1-6H3. The molecular weight excluding hydrogens is 284 g/mol. The molecule has 0 N–H and O–H groups in total. The number of methoxy groups -OCH3 is 1. The molecule has 2 nitrogen and oxygen atoms in total. The Labute approximate surface area is 145 Å². The first-order valence-electron chi connectivity index (χ1n) is 9.57. The molecule has 2 atom stereocenters. The van der Waals surface area contributed by atoms with Gasteiger partial charge in [0.2, 0.25) is 0 Å². The molecule has 23 heavy (non-hydrogen) atoms. The van der Waals surface area contributed by atoms with Crippen molar-refractivity contribution in [3.63, 3.8) is 0 Å². The fourth-order valence-corrected chi connectivity index (χ4v) is 2.96. The van der Waals surface area contributed by atoms with Crippen LogP contribution in [0.3, 0.4) is 0 Å². The predicted octanol–water partition coefficient (Wildman–Crippen LogP) is 6.54. The fraction of sp³-hybridized carbons (Fsp3) is 0.857. The van der Waals surface area contributed by atoms with Crippen molar-refractivity contribution < 1.29 is 9.53 Å². The minimum absolute atomic E-state index is 0.141. The van der Waals surface area contributed by atoms with Gasteiger partial charge in [-0.15, -0.1) is 0 Å². The molecule has 0 aliphatic carbocycles. The van der Waals surface area contributed by atoms with Crippen LogP contribution in [-0.4, -0.2) is 13.1 Å². The first-order valence-corrected chi connectivity index (χ1v) is 9.57. The fourth-order valence-electron chi connectivity index (χ4n) is 2.96. The molecule has 0 spiro atoms. The van der Waals surface area contributed by atoms with Gasteiger partial charge in [0.15, 0.2) is 0 Å². The Morgan fingerprint density at radius 1 is 0.913 bits per heavy atom. The van der Waals surface area contributed by atoms with E-state index < -0.39 is 0 Å². The average Bonchev–Trinajstić information content (AvgIpc) is 2.46. The first-order chi connectivity index (χ1) is 10.8. The highest BCUT2D eigenvalue weighted by Gasteiger charge is 2.06. The molecule has 0 aromatic heterocycles. The van der Waals surface area contributed by atoms with E-state index in [-0.39, 0.29) is 5.97 Å². The summed E-state index contributed by atoms with van der Waals surface area (Å²) < 4.78 is 4.68. The van der Waals surface area contributed by atoms with Crippen LogP contribution in [0.25, 0.3) is 0 Å². The normalized spacial score (nSPS) is 14.8. The summed E-state index contributed by atoms with van der Waals surface area (Å²) in [5.74, 6) is 2.36. The molecule has 0 saturated heterocycles. The third-order valence-electron chi connectivity index (χ3n) is 4.68. The molecule has 0 saturated carbocycles. The van der Waals surface area contributed by atoms with E-state index in [4.69, 9.17) is 0 Å². The van der Waals surface area contributed by atoms with Gasteiger partial charge < -0.3 is 4.74 Å². The number of ether oxygens (including phenoxy) is 1. The maximum Gasteiger partial charge on any atom is 0.309 e. The van der Waals surface area contributed by atoms with Crippen LogP contribution in [0.5, 0.6) is 0 Å². The van der Waals surface area contributed by atoms with Gasteiger partial charge in [-0.3, -0.25) is 4.79 Å². The van der Waals surface area contributed by atoms with E-state index >= 15 is 0 Å². The molecule has 0 aromatic rings. The second-order valence-electron chi connectivity index (χ2n) is 7.85. The number of allylic oxidation sites excluding steroid dienone is 1. The monoisotopic (exact) mass is 324 g/mol. The largest absolute Gasteiger partial charge is 0.469 e. The van der Waals surface area contributed by atoms with Crippen molar-refractivity contribution >= 4 is 5.97 Å². The summed E-state index contributed by atoms with van der Waals surface area (Å²) in [4.78, 5) is 11.2. The molecule has 0 fully saturated rings. The third kappa shape index (κ3) is 14.5. The van der Waals surface area contributed by atoms with Crippen LogP contribution in [0.15, 0.2) is 11.6 Å².